The number of rotatable bonds is 6. The van der Waals surface area contributed by atoms with Gasteiger partial charge in [-0.15, -0.1) is 0 Å². The van der Waals surface area contributed by atoms with Crippen molar-refractivity contribution in [3.63, 3.8) is 0 Å². The lowest BCUT2D eigenvalue weighted by Gasteiger charge is -2.17. The topological polar surface area (TPSA) is 53.1 Å². The van der Waals surface area contributed by atoms with Crippen molar-refractivity contribution in [2.45, 2.75) is 19.5 Å². The molecule has 1 heterocycles. The molecule has 0 saturated carbocycles. The molecular weight excluding hydrogens is 475 g/mol. The lowest BCUT2D eigenvalue weighted by molar-refractivity contribution is -0.137. The first-order valence-corrected chi connectivity index (χ1v) is 11.2. The molecule has 0 aliphatic heterocycles. The second-order valence-electron chi connectivity index (χ2n) is 7.96. The summed E-state index contributed by atoms with van der Waals surface area (Å²) >= 11 is 6.39. The lowest BCUT2D eigenvalue weighted by Crippen LogP contribution is -2.05. The SMILES string of the molecule is CC/C(=C(/c1ccc(/C=C/C(=O)O)cc1)c1cc2ccccc2[nH]1)c1ccc(C(F)(F)F)cc1Cl. The highest BCUT2D eigenvalue weighted by molar-refractivity contribution is 6.32. The molecule has 3 aromatic carbocycles. The number of allylic oxidation sites excluding steroid dienone is 1. The normalized spacial score (nSPS) is 12.8. The summed E-state index contributed by atoms with van der Waals surface area (Å²) in [6.45, 7) is 1.93. The van der Waals surface area contributed by atoms with E-state index in [0.29, 0.717) is 17.5 Å². The fourth-order valence-corrected chi connectivity index (χ4v) is 4.36. The molecule has 0 atom stereocenters. The lowest BCUT2D eigenvalue weighted by atomic mass is 9.90. The van der Waals surface area contributed by atoms with Gasteiger partial charge in [0.15, 0.2) is 0 Å². The first-order valence-electron chi connectivity index (χ1n) is 10.9. The number of nitrogens with one attached hydrogen (secondary N) is 1. The van der Waals surface area contributed by atoms with Crippen molar-refractivity contribution in [2.24, 2.45) is 0 Å². The molecule has 0 spiro atoms. The van der Waals surface area contributed by atoms with Gasteiger partial charge in [-0.3, -0.25) is 0 Å². The van der Waals surface area contributed by atoms with Crippen LogP contribution in [0.15, 0.2) is 78.9 Å². The van der Waals surface area contributed by atoms with E-state index in [-0.39, 0.29) is 5.02 Å². The highest BCUT2D eigenvalue weighted by atomic mass is 35.5. The van der Waals surface area contributed by atoms with Crippen LogP contribution >= 0.6 is 11.6 Å². The number of para-hydroxylation sites is 1. The molecule has 35 heavy (non-hydrogen) atoms. The largest absolute Gasteiger partial charge is 0.478 e. The van der Waals surface area contributed by atoms with E-state index < -0.39 is 17.7 Å². The van der Waals surface area contributed by atoms with Crippen molar-refractivity contribution < 1.29 is 23.1 Å². The number of hydrogen-bond acceptors (Lipinski definition) is 1. The molecular formula is C28H21ClF3NO2. The van der Waals surface area contributed by atoms with Gasteiger partial charge in [0.05, 0.1) is 5.56 Å². The molecule has 4 rings (SSSR count). The molecule has 0 fully saturated rings. The number of fused-ring (bicyclic) bond motifs is 1. The van der Waals surface area contributed by atoms with E-state index in [1.54, 1.807) is 12.1 Å². The summed E-state index contributed by atoms with van der Waals surface area (Å²) in [7, 11) is 0. The minimum atomic E-state index is -4.49. The highest BCUT2D eigenvalue weighted by Crippen LogP contribution is 2.40. The van der Waals surface area contributed by atoms with Crippen LogP contribution in [0.5, 0.6) is 0 Å². The first kappa shape index (κ1) is 24.4. The van der Waals surface area contributed by atoms with E-state index in [2.05, 4.69) is 4.98 Å². The third kappa shape index (κ3) is 5.33. The van der Waals surface area contributed by atoms with E-state index in [1.165, 1.54) is 12.1 Å². The van der Waals surface area contributed by atoms with Crippen LogP contribution in [0.4, 0.5) is 13.2 Å². The summed E-state index contributed by atoms with van der Waals surface area (Å²) in [6, 6.07) is 20.5. The minimum absolute atomic E-state index is 0.0197. The number of carboxylic acids is 1. The fourth-order valence-electron chi connectivity index (χ4n) is 4.07. The van der Waals surface area contributed by atoms with Crippen LogP contribution < -0.4 is 0 Å². The van der Waals surface area contributed by atoms with Crippen LogP contribution in [-0.2, 0) is 11.0 Å². The monoisotopic (exact) mass is 495 g/mol. The highest BCUT2D eigenvalue weighted by Gasteiger charge is 2.31. The van der Waals surface area contributed by atoms with Crippen molar-refractivity contribution in [2.75, 3.05) is 0 Å². The number of benzene rings is 3. The Labute approximate surface area is 205 Å². The first-order chi connectivity index (χ1) is 16.7. The molecule has 3 nitrogen and oxygen atoms in total. The van der Waals surface area contributed by atoms with Crippen LogP contribution in [0.25, 0.3) is 28.1 Å². The summed E-state index contributed by atoms with van der Waals surface area (Å²) < 4.78 is 39.7. The Hall–Kier alpha value is -3.77. The number of aliphatic carboxylic acids is 1. The maximum Gasteiger partial charge on any atom is 0.416 e. The summed E-state index contributed by atoms with van der Waals surface area (Å²) in [5, 5.41) is 9.90. The second-order valence-corrected chi connectivity index (χ2v) is 8.37. The van der Waals surface area contributed by atoms with E-state index in [1.807, 2.05) is 49.4 Å². The Morgan fingerprint density at radius 3 is 2.34 bits per heavy atom. The number of aromatic nitrogens is 1. The number of alkyl halides is 3. The van der Waals surface area contributed by atoms with E-state index in [9.17, 15) is 18.0 Å². The third-order valence-electron chi connectivity index (χ3n) is 5.69. The summed E-state index contributed by atoms with van der Waals surface area (Å²) in [5.41, 5.74) is 4.55. The number of hydrogen-bond donors (Lipinski definition) is 2. The summed E-state index contributed by atoms with van der Waals surface area (Å²) in [4.78, 5) is 14.3. The van der Waals surface area contributed by atoms with Crippen LogP contribution in [-0.4, -0.2) is 16.1 Å². The zero-order valence-corrected chi connectivity index (χ0v) is 19.4. The van der Waals surface area contributed by atoms with E-state index in [4.69, 9.17) is 16.7 Å². The smallest absolute Gasteiger partial charge is 0.416 e. The third-order valence-corrected chi connectivity index (χ3v) is 6.01. The predicted molar refractivity (Wildman–Crippen MR) is 134 cm³/mol. The number of carbonyl (C=O) groups is 1. The predicted octanol–water partition coefficient (Wildman–Crippen LogP) is 8.31. The minimum Gasteiger partial charge on any atom is -0.478 e. The number of halogens is 4. The van der Waals surface area contributed by atoms with Crippen molar-refractivity contribution in [1.82, 2.24) is 4.98 Å². The Bertz CT molecular complexity index is 1410. The Morgan fingerprint density at radius 2 is 1.74 bits per heavy atom. The molecule has 0 aliphatic carbocycles. The molecule has 1 aromatic heterocycles. The van der Waals surface area contributed by atoms with Crippen LogP contribution in [0.2, 0.25) is 5.02 Å². The zero-order chi connectivity index (χ0) is 25.2. The van der Waals surface area contributed by atoms with Crippen LogP contribution in [0, 0.1) is 0 Å². The molecule has 0 saturated heterocycles. The maximum absolute atomic E-state index is 13.2. The van der Waals surface area contributed by atoms with Gasteiger partial charge < -0.3 is 10.1 Å². The number of aromatic amines is 1. The van der Waals surface area contributed by atoms with Gasteiger partial charge in [0.1, 0.15) is 0 Å². The molecule has 2 N–H and O–H groups in total. The average Bonchev–Trinajstić information content (AvgIpc) is 3.25. The van der Waals surface area contributed by atoms with Crippen LogP contribution in [0.3, 0.4) is 0 Å². The molecule has 0 radical (unpaired) electrons. The van der Waals surface area contributed by atoms with Gasteiger partial charge >= 0.3 is 12.1 Å². The Kier molecular flexibility index (Phi) is 6.85. The van der Waals surface area contributed by atoms with Gasteiger partial charge in [-0.2, -0.15) is 13.2 Å². The molecule has 0 aliphatic rings. The van der Waals surface area contributed by atoms with Crippen molar-refractivity contribution >= 4 is 45.7 Å². The fraction of sp³-hybridized carbons (Fsp3) is 0.107. The molecule has 178 valence electrons. The van der Waals surface area contributed by atoms with Crippen molar-refractivity contribution in [3.05, 3.63) is 112 Å². The molecule has 0 bridgehead atoms. The van der Waals surface area contributed by atoms with Crippen molar-refractivity contribution in [3.8, 4) is 0 Å². The molecule has 4 aromatic rings. The number of H-pyrrole nitrogens is 1. The van der Waals surface area contributed by atoms with Gasteiger partial charge in [-0.25, -0.2) is 4.79 Å². The molecule has 0 unspecified atom stereocenters. The van der Waals surface area contributed by atoms with Crippen molar-refractivity contribution in [1.29, 1.82) is 0 Å². The van der Waals surface area contributed by atoms with Gasteiger partial charge in [0.25, 0.3) is 0 Å². The Morgan fingerprint density at radius 1 is 1.03 bits per heavy atom. The van der Waals surface area contributed by atoms with E-state index >= 15 is 0 Å². The molecule has 7 heteroatoms. The summed E-state index contributed by atoms with van der Waals surface area (Å²) in [5.74, 6) is -1.04. The van der Waals surface area contributed by atoms with E-state index in [0.717, 1.165) is 51.5 Å². The maximum atomic E-state index is 13.2. The van der Waals surface area contributed by atoms with Gasteiger partial charge in [-0.1, -0.05) is 67.1 Å². The standard InChI is InChI=1S/C28H21ClF3NO2/c1-2-21(22-13-12-20(16-23(22)29)28(30,31)32)27(25-15-19-5-3-4-6-24(19)33-25)18-10-7-17(8-11-18)9-14-26(34)35/h3-16,33H,2H2,1H3,(H,34,35)/b14-9+,27-21+. The molecule has 0 amide bonds. The zero-order valence-electron chi connectivity index (χ0n) is 18.7. The number of carboxylic acid groups (broad SMARTS) is 1. The van der Waals surface area contributed by atoms with Crippen LogP contribution in [0.1, 0.15) is 41.3 Å². The van der Waals surface area contributed by atoms with Gasteiger partial charge in [-0.05, 0) is 59.0 Å². The Balaban J connectivity index is 1.93. The quantitative estimate of drug-likeness (QED) is 0.209. The second kappa shape index (κ2) is 9.84. The average molecular weight is 496 g/mol. The van der Waals surface area contributed by atoms with Gasteiger partial charge in [0.2, 0.25) is 0 Å². The van der Waals surface area contributed by atoms with Gasteiger partial charge in [0, 0.05) is 33.3 Å². The summed E-state index contributed by atoms with van der Waals surface area (Å²) in [6.07, 6.45) is -1.43.